The molecule has 1 aromatic carbocycles. The second kappa shape index (κ2) is 8.10. The number of hydrogen-bond acceptors (Lipinski definition) is 6. The molecule has 0 amide bonds. The summed E-state index contributed by atoms with van der Waals surface area (Å²) in [6.07, 6.45) is -2.19. The van der Waals surface area contributed by atoms with Gasteiger partial charge < -0.3 is 15.2 Å². The molecule has 30 heavy (non-hydrogen) atoms. The summed E-state index contributed by atoms with van der Waals surface area (Å²) in [6.45, 7) is 7.13. The summed E-state index contributed by atoms with van der Waals surface area (Å²) in [5.74, 6) is 1.33. The largest absolute Gasteiger partial charge is 0.416 e. The number of H-pyrrole nitrogens is 1. The standard InChI is InChI=1S/C20H24F3N7/c1-3-30-8-4-5-14(11-30)25-17-9-12(2)24-18(28-17)29-19-26-15-7-6-13(20(21,22)23)10-16(15)27-19/h6-7,9-10,14H,3-5,8,11H2,1-2H3,(H3,24,25,26,27,28,29). The summed E-state index contributed by atoms with van der Waals surface area (Å²) < 4.78 is 38.8. The molecule has 1 aliphatic rings. The van der Waals surface area contributed by atoms with Crippen molar-refractivity contribution in [3.63, 3.8) is 0 Å². The number of nitrogens with zero attached hydrogens (tertiary/aromatic N) is 4. The summed E-state index contributed by atoms with van der Waals surface area (Å²) in [5.41, 5.74) is 0.768. The lowest BCUT2D eigenvalue weighted by Gasteiger charge is -2.32. The molecule has 0 radical (unpaired) electrons. The number of aryl methyl sites for hydroxylation is 1. The molecule has 3 N–H and O–H groups in total. The van der Waals surface area contributed by atoms with E-state index in [1.165, 1.54) is 6.07 Å². The number of nitrogens with one attached hydrogen (secondary N) is 3. The number of likely N-dealkylation sites (tertiary alicyclic amines) is 1. The molecular formula is C20H24F3N7. The van der Waals surface area contributed by atoms with Gasteiger partial charge in [-0.2, -0.15) is 18.2 Å². The highest BCUT2D eigenvalue weighted by Gasteiger charge is 2.30. The Morgan fingerprint density at radius 2 is 2.03 bits per heavy atom. The average Bonchev–Trinajstić information content (AvgIpc) is 3.08. The topological polar surface area (TPSA) is 81.8 Å². The first-order chi connectivity index (χ1) is 14.3. The molecule has 4 rings (SSSR count). The molecule has 160 valence electrons. The number of likely N-dealkylation sites (N-methyl/N-ethyl adjacent to an activating group) is 1. The number of piperidine rings is 1. The first kappa shape index (κ1) is 20.4. The SMILES string of the molecule is CCN1CCCC(Nc2cc(C)nc(Nc3nc4ccc(C(F)(F)F)cc4[nH]3)n2)C1. The maximum absolute atomic E-state index is 12.9. The summed E-state index contributed by atoms with van der Waals surface area (Å²) >= 11 is 0. The molecule has 1 aliphatic heterocycles. The van der Waals surface area contributed by atoms with Crippen LogP contribution < -0.4 is 10.6 Å². The first-order valence-electron chi connectivity index (χ1n) is 9.98. The number of aromatic amines is 1. The molecule has 2 aromatic heterocycles. The number of anilines is 3. The third kappa shape index (κ3) is 4.64. The van der Waals surface area contributed by atoms with Crippen molar-refractivity contribution in [3.8, 4) is 0 Å². The number of halogens is 3. The molecule has 0 bridgehead atoms. The fourth-order valence-electron chi connectivity index (χ4n) is 3.72. The Morgan fingerprint density at radius 3 is 2.80 bits per heavy atom. The highest BCUT2D eigenvalue weighted by molar-refractivity contribution is 5.79. The van der Waals surface area contributed by atoms with Crippen molar-refractivity contribution < 1.29 is 13.2 Å². The Kier molecular flexibility index (Phi) is 5.50. The summed E-state index contributed by atoms with van der Waals surface area (Å²) in [7, 11) is 0. The van der Waals surface area contributed by atoms with Crippen LogP contribution in [0.5, 0.6) is 0 Å². The van der Waals surface area contributed by atoms with Crippen LogP contribution in [0.1, 0.15) is 31.0 Å². The predicted octanol–water partition coefficient (Wildman–Crippen LogP) is 4.32. The van der Waals surface area contributed by atoms with Crippen molar-refractivity contribution in [2.75, 3.05) is 30.3 Å². The van der Waals surface area contributed by atoms with Gasteiger partial charge >= 0.3 is 6.18 Å². The number of hydrogen-bond donors (Lipinski definition) is 3. The lowest BCUT2D eigenvalue weighted by Crippen LogP contribution is -2.42. The highest BCUT2D eigenvalue weighted by atomic mass is 19.4. The maximum atomic E-state index is 12.9. The monoisotopic (exact) mass is 419 g/mol. The van der Waals surface area contributed by atoms with E-state index in [1.807, 2.05) is 13.0 Å². The van der Waals surface area contributed by atoms with Crippen LogP contribution in [0.25, 0.3) is 11.0 Å². The fraction of sp³-hybridized carbons (Fsp3) is 0.450. The second-order valence-corrected chi connectivity index (χ2v) is 7.53. The van der Waals surface area contributed by atoms with Crippen LogP contribution in [0.3, 0.4) is 0 Å². The van der Waals surface area contributed by atoms with Crippen molar-refractivity contribution in [2.45, 2.75) is 38.9 Å². The summed E-state index contributed by atoms with van der Waals surface area (Å²) in [5, 5.41) is 6.44. The molecule has 7 nitrogen and oxygen atoms in total. The van der Waals surface area contributed by atoms with Crippen molar-refractivity contribution >= 4 is 28.7 Å². The van der Waals surface area contributed by atoms with Crippen LogP contribution in [0.4, 0.5) is 30.9 Å². The zero-order valence-electron chi connectivity index (χ0n) is 16.8. The van der Waals surface area contributed by atoms with Crippen molar-refractivity contribution in [1.82, 2.24) is 24.8 Å². The minimum absolute atomic E-state index is 0.288. The summed E-state index contributed by atoms with van der Waals surface area (Å²) in [6, 6.07) is 5.59. The number of benzene rings is 1. The number of alkyl halides is 3. The van der Waals surface area contributed by atoms with E-state index in [-0.39, 0.29) is 5.95 Å². The van der Waals surface area contributed by atoms with Gasteiger partial charge in [-0.1, -0.05) is 6.92 Å². The Bertz CT molecular complexity index is 1030. The molecule has 0 aliphatic carbocycles. The molecule has 10 heteroatoms. The number of rotatable bonds is 5. The van der Waals surface area contributed by atoms with Gasteiger partial charge in [-0.25, -0.2) is 9.97 Å². The molecule has 1 fully saturated rings. The van der Waals surface area contributed by atoms with Crippen LogP contribution in [0.2, 0.25) is 0 Å². The van der Waals surface area contributed by atoms with Crippen LogP contribution >= 0.6 is 0 Å². The Balaban J connectivity index is 1.52. The fourth-order valence-corrected chi connectivity index (χ4v) is 3.72. The van der Waals surface area contributed by atoms with E-state index in [2.05, 4.69) is 42.4 Å². The van der Waals surface area contributed by atoms with Gasteiger partial charge in [-0.05, 0) is 51.1 Å². The minimum Gasteiger partial charge on any atom is -0.366 e. The quantitative estimate of drug-likeness (QED) is 0.572. The second-order valence-electron chi connectivity index (χ2n) is 7.53. The molecular weight excluding hydrogens is 395 g/mol. The van der Waals surface area contributed by atoms with Crippen molar-refractivity contribution in [1.29, 1.82) is 0 Å². The number of aromatic nitrogens is 4. The first-order valence-corrected chi connectivity index (χ1v) is 9.98. The zero-order valence-corrected chi connectivity index (χ0v) is 16.8. The van der Waals surface area contributed by atoms with Crippen molar-refractivity contribution in [2.24, 2.45) is 0 Å². The van der Waals surface area contributed by atoms with E-state index < -0.39 is 11.7 Å². The van der Waals surface area contributed by atoms with E-state index in [1.54, 1.807) is 0 Å². The smallest absolute Gasteiger partial charge is 0.366 e. The predicted molar refractivity (Wildman–Crippen MR) is 110 cm³/mol. The van der Waals surface area contributed by atoms with E-state index in [0.717, 1.165) is 50.3 Å². The average molecular weight is 419 g/mol. The Labute approximate surface area is 172 Å². The maximum Gasteiger partial charge on any atom is 0.416 e. The van der Waals surface area contributed by atoms with Gasteiger partial charge in [0, 0.05) is 24.3 Å². The lowest BCUT2D eigenvalue weighted by atomic mass is 10.1. The Hall–Kier alpha value is -2.88. The zero-order chi connectivity index (χ0) is 21.3. The molecule has 3 aromatic rings. The third-order valence-electron chi connectivity index (χ3n) is 5.20. The lowest BCUT2D eigenvalue weighted by molar-refractivity contribution is -0.137. The molecule has 0 spiro atoms. The van der Waals surface area contributed by atoms with Crippen LogP contribution in [-0.4, -0.2) is 50.5 Å². The molecule has 1 unspecified atom stereocenters. The number of fused-ring (bicyclic) bond motifs is 1. The normalized spacial score (nSPS) is 18.0. The number of imidazole rings is 1. The van der Waals surface area contributed by atoms with E-state index in [4.69, 9.17) is 0 Å². The molecule has 0 saturated carbocycles. The molecule has 3 heterocycles. The van der Waals surface area contributed by atoms with Crippen LogP contribution in [0.15, 0.2) is 24.3 Å². The van der Waals surface area contributed by atoms with Crippen molar-refractivity contribution in [3.05, 3.63) is 35.5 Å². The van der Waals surface area contributed by atoms with Gasteiger partial charge in [0.1, 0.15) is 5.82 Å². The van der Waals surface area contributed by atoms with Gasteiger partial charge in [-0.3, -0.25) is 5.32 Å². The van der Waals surface area contributed by atoms with Gasteiger partial charge in [0.2, 0.25) is 11.9 Å². The molecule has 1 atom stereocenters. The third-order valence-corrected chi connectivity index (χ3v) is 5.20. The Morgan fingerprint density at radius 1 is 1.20 bits per heavy atom. The molecule has 1 saturated heterocycles. The van der Waals surface area contributed by atoms with E-state index >= 15 is 0 Å². The summed E-state index contributed by atoms with van der Waals surface area (Å²) in [4.78, 5) is 18.4. The van der Waals surface area contributed by atoms with Gasteiger partial charge in [0.15, 0.2) is 0 Å². The van der Waals surface area contributed by atoms with Gasteiger partial charge in [-0.15, -0.1) is 0 Å². The highest BCUT2D eigenvalue weighted by Crippen LogP contribution is 2.31. The van der Waals surface area contributed by atoms with E-state index in [9.17, 15) is 13.2 Å². The van der Waals surface area contributed by atoms with Gasteiger partial charge in [0.25, 0.3) is 0 Å². The van der Waals surface area contributed by atoms with Crippen LogP contribution in [0, 0.1) is 6.92 Å². The van der Waals surface area contributed by atoms with Crippen LogP contribution in [-0.2, 0) is 6.18 Å². The van der Waals surface area contributed by atoms with Gasteiger partial charge in [0.05, 0.1) is 16.6 Å². The minimum atomic E-state index is -4.40. The van der Waals surface area contributed by atoms with E-state index in [0.29, 0.717) is 28.8 Å².